The Bertz CT molecular complexity index is 453. The number of hydrogen-bond acceptors (Lipinski definition) is 3. The Labute approximate surface area is 114 Å². The Hall–Kier alpha value is -1.55. The zero-order chi connectivity index (χ0) is 13.8. The van der Waals surface area contributed by atoms with Crippen molar-refractivity contribution in [2.24, 2.45) is 0 Å². The Morgan fingerprint density at radius 3 is 3.00 bits per heavy atom. The first-order chi connectivity index (χ1) is 9.06. The molecule has 2 rings (SSSR count). The molecule has 1 aliphatic heterocycles. The second-order valence-electron chi connectivity index (χ2n) is 5.41. The molecule has 4 heteroatoms. The van der Waals surface area contributed by atoms with Gasteiger partial charge < -0.3 is 15.7 Å². The summed E-state index contributed by atoms with van der Waals surface area (Å²) in [5, 5.41) is 15.9. The molecule has 1 fully saturated rings. The second-order valence-corrected chi connectivity index (χ2v) is 5.41. The molecule has 4 nitrogen and oxygen atoms in total. The molecule has 1 saturated heterocycles. The van der Waals surface area contributed by atoms with E-state index in [-0.39, 0.29) is 0 Å². The molecular weight excluding hydrogens is 240 g/mol. The molecule has 3 N–H and O–H groups in total. The number of benzene rings is 1. The summed E-state index contributed by atoms with van der Waals surface area (Å²) in [5.41, 5.74) is 2.33. The molecule has 1 aromatic rings. The standard InChI is InChI=1S/C15H22N2O2/c1-10-5-6-12(15(18)19)9-14(10)17-11(2)8-13-4-3-7-16-13/h5-6,9,11,13,16-17H,3-4,7-8H2,1-2H3,(H,18,19). The van der Waals surface area contributed by atoms with Crippen LogP contribution in [0.4, 0.5) is 5.69 Å². The van der Waals surface area contributed by atoms with E-state index in [0.29, 0.717) is 17.6 Å². The summed E-state index contributed by atoms with van der Waals surface area (Å²) in [6.07, 6.45) is 3.56. The number of aromatic carboxylic acids is 1. The Morgan fingerprint density at radius 1 is 1.58 bits per heavy atom. The van der Waals surface area contributed by atoms with Crippen LogP contribution < -0.4 is 10.6 Å². The van der Waals surface area contributed by atoms with Crippen LogP contribution in [0, 0.1) is 6.92 Å². The minimum atomic E-state index is -0.881. The first-order valence-electron chi connectivity index (χ1n) is 6.90. The zero-order valence-corrected chi connectivity index (χ0v) is 11.6. The van der Waals surface area contributed by atoms with Crippen molar-refractivity contribution in [2.45, 2.75) is 45.2 Å². The fourth-order valence-corrected chi connectivity index (χ4v) is 2.62. The highest BCUT2D eigenvalue weighted by Gasteiger charge is 2.17. The molecule has 1 aromatic carbocycles. The lowest BCUT2D eigenvalue weighted by Gasteiger charge is -2.20. The summed E-state index contributed by atoms with van der Waals surface area (Å²) in [4.78, 5) is 11.0. The van der Waals surface area contributed by atoms with E-state index in [0.717, 1.165) is 24.2 Å². The average Bonchev–Trinajstić information content (AvgIpc) is 2.84. The highest BCUT2D eigenvalue weighted by atomic mass is 16.4. The lowest BCUT2D eigenvalue weighted by Crippen LogP contribution is -2.29. The molecule has 0 radical (unpaired) electrons. The number of rotatable bonds is 5. The van der Waals surface area contributed by atoms with E-state index in [1.807, 2.05) is 13.0 Å². The zero-order valence-electron chi connectivity index (χ0n) is 11.6. The smallest absolute Gasteiger partial charge is 0.335 e. The predicted molar refractivity (Wildman–Crippen MR) is 76.9 cm³/mol. The van der Waals surface area contributed by atoms with Crippen LogP contribution in [0.3, 0.4) is 0 Å². The molecule has 19 heavy (non-hydrogen) atoms. The van der Waals surface area contributed by atoms with Crippen molar-refractivity contribution >= 4 is 11.7 Å². The van der Waals surface area contributed by atoms with Gasteiger partial charge in [-0.2, -0.15) is 0 Å². The van der Waals surface area contributed by atoms with E-state index in [1.165, 1.54) is 12.8 Å². The number of carboxylic acid groups (broad SMARTS) is 1. The van der Waals surface area contributed by atoms with Crippen LogP contribution in [0.2, 0.25) is 0 Å². The van der Waals surface area contributed by atoms with E-state index in [2.05, 4.69) is 17.6 Å². The quantitative estimate of drug-likeness (QED) is 0.763. The maximum absolute atomic E-state index is 11.0. The van der Waals surface area contributed by atoms with E-state index < -0.39 is 5.97 Å². The monoisotopic (exact) mass is 262 g/mol. The van der Waals surface area contributed by atoms with Crippen molar-refractivity contribution in [3.8, 4) is 0 Å². The van der Waals surface area contributed by atoms with Crippen molar-refractivity contribution in [3.05, 3.63) is 29.3 Å². The van der Waals surface area contributed by atoms with Crippen LogP contribution in [-0.4, -0.2) is 29.7 Å². The lowest BCUT2D eigenvalue weighted by atomic mass is 10.0. The van der Waals surface area contributed by atoms with Gasteiger partial charge in [0.05, 0.1) is 5.56 Å². The van der Waals surface area contributed by atoms with Crippen molar-refractivity contribution in [3.63, 3.8) is 0 Å². The lowest BCUT2D eigenvalue weighted by molar-refractivity contribution is 0.0697. The maximum atomic E-state index is 11.0. The normalized spacial score (nSPS) is 20.2. The van der Waals surface area contributed by atoms with Gasteiger partial charge in [0.1, 0.15) is 0 Å². The van der Waals surface area contributed by atoms with Crippen molar-refractivity contribution in [1.82, 2.24) is 5.32 Å². The van der Waals surface area contributed by atoms with E-state index in [1.54, 1.807) is 12.1 Å². The minimum absolute atomic E-state index is 0.332. The number of hydrogen-bond donors (Lipinski definition) is 3. The number of carboxylic acids is 1. The number of anilines is 1. The summed E-state index contributed by atoms with van der Waals surface area (Å²) in [7, 11) is 0. The number of carbonyl (C=O) groups is 1. The van der Waals surface area contributed by atoms with Gasteiger partial charge in [0.2, 0.25) is 0 Å². The van der Waals surface area contributed by atoms with Crippen LogP contribution in [0.5, 0.6) is 0 Å². The van der Waals surface area contributed by atoms with Gasteiger partial charge in [0.25, 0.3) is 0 Å². The third-order valence-electron chi connectivity index (χ3n) is 3.69. The molecule has 0 amide bonds. The average molecular weight is 262 g/mol. The Kier molecular flexibility index (Phi) is 4.43. The first kappa shape index (κ1) is 13.9. The molecule has 1 heterocycles. The van der Waals surface area contributed by atoms with Gasteiger partial charge in [-0.1, -0.05) is 6.07 Å². The van der Waals surface area contributed by atoms with E-state index >= 15 is 0 Å². The molecule has 1 aliphatic rings. The molecule has 0 saturated carbocycles. The predicted octanol–water partition coefficient (Wildman–Crippen LogP) is 2.64. The van der Waals surface area contributed by atoms with Crippen molar-refractivity contribution < 1.29 is 9.90 Å². The first-order valence-corrected chi connectivity index (χ1v) is 6.90. The molecular formula is C15H22N2O2. The van der Waals surface area contributed by atoms with Crippen molar-refractivity contribution in [1.29, 1.82) is 0 Å². The summed E-state index contributed by atoms with van der Waals surface area (Å²) >= 11 is 0. The molecule has 0 aliphatic carbocycles. The molecule has 104 valence electrons. The van der Waals surface area contributed by atoms with Gasteiger partial charge in [-0.05, 0) is 57.4 Å². The molecule has 2 atom stereocenters. The molecule has 0 spiro atoms. The second kappa shape index (κ2) is 6.06. The van der Waals surface area contributed by atoms with Gasteiger partial charge in [0.15, 0.2) is 0 Å². The summed E-state index contributed by atoms with van der Waals surface area (Å²) < 4.78 is 0. The number of nitrogens with one attached hydrogen (secondary N) is 2. The fraction of sp³-hybridized carbons (Fsp3) is 0.533. The van der Waals surface area contributed by atoms with Gasteiger partial charge in [-0.25, -0.2) is 4.79 Å². The largest absolute Gasteiger partial charge is 0.478 e. The maximum Gasteiger partial charge on any atom is 0.335 e. The number of aryl methyl sites for hydroxylation is 1. The molecule has 2 unspecified atom stereocenters. The summed E-state index contributed by atoms with van der Waals surface area (Å²) in [6, 6.07) is 6.14. The van der Waals surface area contributed by atoms with Gasteiger partial charge in [-0.15, -0.1) is 0 Å². The third-order valence-corrected chi connectivity index (χ3v) is 3.69. The van der Waals surface area contributed by atoms with Crippen LogP contribution in [0.15, 0.2) is 18.2 Å². The molecule has 0 bridgehead atoms. The highest BCUT2D eigenvalue weighted by molar-refractivity contribution is 5.89. The van der Waals surface area contributed by atoms with Crippen molar-refractivity contribution in [2.75, 3.05) is 11.9 Å². The Balaban J connectivity index is 2.00. The topological polar surface area (TPSA) is 61.4 Å². The third kappa shape index (κ3) is 3.70. The summed E-state index contributed by atoms with van der Waals surface area (Å²) in [5.74, 6) is -0.881. The fourth-order valence-electron chi connectivity index (χ4n) is 2.62. The highest BCUT2D eigenvalue weighted by Crippen LogP contribution is 2.20. The van der Waals surface area contributed by atoms with Crippen LogP contribution in [0.1, 0.15) is 42.1 Å². The molecule has 0 aromatic heterocycles. The van der Waals surface area contributed by atoms with Crippen LogP contribution in [-0.2, 0) is 0 Å². The van der Waals surface area contributed by atoms with Crippen LogP contribution in [0.25, 0.3) is 0 Å². The van der Waals surface area contributed by atoms with Gasteiger partial charge >= 0.3 is 5.97 Å². The van der Waals surface area contributed by atoms with E-state index in [9.17, 15) is 4.79 Å². The van der Waals surface area contributed by atoms with E-state index in [4.69, 9.17) is 5.11 Å². The Morgan fingerprint density at radius 2 is 2.37 bits per heavy atom. The van der Waals surface area contributed by atoms with Crippen LogP contribution >= 0.6 is 0 Å². The SMILES string of the molecule is Cc1ccc(C(=O)O)cc1NC(C)CC1CCCN1. The summed E-state index contributed by atoms with van der Waals surface area (Å²) in [6.45, 7) is 5.26. The minimum Gasteiger partial charge on any atom is -0.478 e. The van der Waals surface area contributed by atoms with Gasteiger partial charge in [0, 0.05) is 17.8 Å². The van der Waals surface area contributed by atoms with Gasteiger partial charge in [-0.3, -0.25) is 0 Å².